The highest BCUT2D eigenvalue weighted by molar-refractivity contribution is 5.76. The van der Waals surface area contributed by atoms with Crippen molar-refractivity contribution in [3.8, 4) is 5.75 Å². The second kappa shape index (κ2) is 8.12. The third-order valence-corrected chi connectivity index (χ3v) is 3.27. The number of nitrogens with one attached hydrogen (secondary N) is 2. The molecular weight excluding hydrogens is 302 g/mol. The van der Waals surface area contributed by atoms with E-state index in [1.165, 1.54) is 6.07 Å². The molecule has 0 saturated heterocycles. The molecule has 6 heteroatoms. The Hall–Kier alpha value is -2.63. The summed E-state index contributed by atoms with van der Waals surface area (Å²) in [4.78, 5) is 11.7. The van der Waals surface area contributed by atoms with Gasteiger partial charge in [-0.15, -0.1) is 0 Å². The van der Waals surface area contributed by atoms with Crippen LogP contribution in [0.2, 0.25) is 0 Å². The van der Waals surface area contributed by atoms with Crippen molar-refractivity contribution in [2.75, 3.05) is 19.0 Å². The topological polar surface area (TPSA) is 50.4 Å². The summed E-state index contributed by atoms with van der Waals surface area (Å²) >= 11 is 0. The van der Waals surface area contributed by atoms with Crippen LogP contribution >= 0.6 is 0 Å². The summed E-state index contributed by atoms with van der Waals surface area (Å²) in [5.74, 6) is -0.812. The van der Waals surface area contributed by atoms with Gasteiger partial charge in [0.15, 0.2) is 0 Å². The molecule has 2 aromatic rings. The lowest BCUT2D eigenvalue weighted by molar-refractivity contribution is -0.121. The molecule has 0 spiro atoms. The molecular formula is C17H18F2N2O2. The lowest BCUT2D eigenvalue weighted by Gasteiger charge is -2.09. The number of rotatable bonds is 7. The zero-order chi connectivity index (χ0) is 16.7. The summed E-state index contributed by atoms with van der Waals surface area (Å²) < 4.78 is 31.8. The van der Waals surface area contributed by atoms with E-state index >= 15 is 0 Å². The van der Waals surface area contributed by atoms with Crippen molar-refractivity contribution >= 4 is 11.6 Å². The summed E-state index contributed by atoms with van der Waals surface area (Å²) in [7, 11) is 1.59. The molecule has 0 saturated carbocycles. The van der Waals surface area contributed by atoms with E-state index in [1.807, 2.05) is 24.3 Å². The maximum Gasteiger partial charge on any atom is 0.222 e. The van der Waals surface area contributed by atoms with E-state index in [2.05, 4.69) is 10.6 Å². The van der Waals surface area contributed by atoms with Crippen LogP contribution in [0.15, 0.2) is 42.5 Å². The van der Waals surface area contributed by atoms with Gasteiger partial charge in [-0.25, -0.2) is 8.78 Å². The van der Waals surface area contributed by atoms with Crippen molar-refractivity contribution in [2.45, 2.75) is 13.0 Å². The Morgan fingerprint density at radius 1 is 1.09 bits per heavy atom. The molecule has 0 aliphatic carbocycles. The van der Waals surface area contributed by atoms with Crippen LogP contribution in [0.5, 0.6) is 5.75 Å². The Morgan fingerprint density at radius 2 is 1.74 bits per heavy atom. The number of para-hydroxylation sites is 1. The summed E-state index contributed by atoms with van der Waals surface area (Å²) in [6.07, 6.45) is 0.115. The van der Waals surface area contributed by atoms with Gasteiger partial charge in [-0.1, -0.05) is 18.2 Å². The summed E-state index contributed by atoms with van der Waals surface area (Å²) in [5.41, 5.74) is 0.725. The fourth-order valence-electron chi connectivity index (χ4n) is 2.00. The van der Waals surface area contributed by atoms with Crippen LogP contribution in [0.3, 0.4) is 0 Å². The minimum absolute atomic E-state index is 0.115. The van der Waals surface area contributed by atoms with Crippen LogP contribution in [0.25, 0.3) is 0 Å². The second-order valence-corrected chi connectivity index (χ2v) is 4.90. The first-order chi connectivity index (χ1) is 11.1. The van der Waals surface area contributed by atoms with Crippen LogP contribution in [-0.4, -0.2) is 19.6 Å². The van der Waals surface area contributed by atoms with Gasteiger partial charge in [0.25, 0.3) is 0 Å². The number of hydrogen-bond acceptors (Lipinski definition) is 3. The van der Waals surface area contributed by atoms with Crippen LogP contribution in [0.4, 0.5) is 14.5 Å². The van der Waals surface area contributed by atoms with Crippen molar-refractivity contribution in [1.29, 1.82) is 0 Å². The van der Waals surface area contributed by atoms with Crippen molar-refractivity contribution in [3.05, 3.63) is 59.7 Å². The fraction of sp³-hybridized carbons (Fsp3) is 0.235. The first kappa shape index (κ1) is 16.7. The van der Waals surface area contributed by atoms with Gasteiger partial charge < -0.3 is 15.4 Å². The highest BCUT2D eigenvalue weighted by Gasteiger charge is 2.08. The molecule has 0 radical (unpaired) electrons. The first-order valence-corrected chi connectivity index (χ1v) is 7.17. The average molecular weight is 320 g/mol. The molecule has 0 heterocycles. The molecule has 0 aliphatic heterocycles. The highest BCUT2D eigenvalue weighted by atomic mass is 19.1. The van der Waals surface area contributed by atoms with Gasteiger partial charge in [0.2, 0.25) is 5.91 Å². The monoisotopic (exact) mass is 320 g/mol. The number of amides is 1. The van der Waals surface area contributed by atoms with Crippen LogP contribution in [0, 0.1) is 11.6 Å². The van der Waals surface area contributed by atoms with Crippen molar-refractivity contribution < 1.29 is 18.3 Å². The SMILES string of the molecule is COc1ccc(CNC(=O)CCNc2c(F)cccc2F)cc1. The van der Waals surface area contributed by atoms with Crippen LogP contribution in [-0.2, 0) is 11.3 Å². The second-order valence-electron chi connectivity index (χ2n) is 4.90. The summed E-state index contributed by atoms with van der Waals surface area (Å²) in [6, 6.07) is 10.9. The maximum atomic E-state index is 13.4. The molecule has 2 N–H and O–H groups in total. The Kier molecular flexibility index (Phi) is 5.91. The molecule has 0 unspecified atom stereocenters. The third-order valence-electron chi connectivity index (χ3n) is 3.27. The summed E-state index contributed by atoms with van der Waals surface area (Å²) in [5, 5.41) is 5.34. The lowest BCUT2D eigenvalue weighted by Crippen LogP contribution is -2.25. The van der Waals surface area contributed by atoms with Crippen molar-refractivity contribution in [3.63, 3.8) is 0 Å². The van der Waals surface area contributed by atoms with Crippen LogP contribution in [0.1, 0.15) is 12.0 Å². The van der Waals surface area contributed by atoms with Crippen molar-refractivity contribution in [2.24, 2.45) is 0 Å². The van der Waals surface area contributed by atoms with Gasteiger partial charge in [-0.3, -0.25) is 4.79 Å². The van der Waals surface area contributed by atoms with E-state index in [-0.39, 0.29) is 24.6 Å². The number of hydrogen-bond donors (Lipinski definition) is 2. The van der Waals surface area contributed by atoms with Crippen LogP contribution < -0.4 is 15.4 Å². The predicted molar refractivity (Wildman–Crippen MR) is 84.3 cm³/mol. The third kappa shape index (κ3) is 4.95. The molecule has 0 bridgehead atoms. The quantitative estimate of drug-likeness (QED) is 0.824. The number of ether oxygens (including phenoxy) is 1. The number of anilines is 1. The van der Waals surface area contributed by atoms with E-state index in [4.69, 9.17) is 4.74 Å². The number of carbonyl (C=O) groups excluding carboxylic acids is 1. The molecule has 0 fully saturated rings. The molecule has 4 nitrogen and oxygen atoms in total. The van der Waals surface area contributed by atoms with Gasteiger partial charge in [0.05, 0.1) is 7.11 Å². The molecule has 0 aliphatic rings. The van der Waals surface area contributed by atoms with E-state index < -0.39 is 11.6 Å². The van der Waals surface area contributed by atoms with Gasteiger partial charge >= 0.3 is 0 Å². The van der Waals surface area contributed by atoms with Gasteiger partial charge in [0, 0.05) is 19.5 Å². The number of halogens is 2. The first-order valence-electron chi connectivity index (χ1n) is 7.17. The molecule has 1 amide bonds. The molecule has 0 atom stereocenters. The smallest absolute Gasteiger partial charge is 0.222 e. The Labute approximate surface area is 133 Å². The van der Waals surface area contributed by atoms with E-state index in [0.717, 1.165) is 23.4 Å². The van der Waals surface area contributed by atoms with E-state index in [9.17, 15) is 13.6 Å². The molecule has 2 aromatic carbocycles. The molecule has 23 heavy (non-hydrogen) atoms. The standard InChI is InChI=1S/C17H18F2N2O2/c1-23-13-7-5-12(6-8-13)11-21-16(22)9-10-20-17-14(18)3-2-4-15(17)19/h2-8,20H,9-11H2,1H3,(H,21,22). The predicted octanol–water partition coefficient (Wildman–Crippen LogP) is 3.09. The zero-order valence-electron chi connectivity index (χ0n) is 12.7. The van der Waals surface area contributed by atoms with Gasteiger partial charge in [0.1, 0.15) is 23.1 Å². The zero-order valence-corrected chi connectivity index (χ0v) is 12.7. The van der Waals surface area contributed by atoms with Gasteiger partial charge in [-0.05, 0) is 29.8 Å². The lowest BCUT2D eigenvalue weighted by atomic mass is 10.2. The summed E-state index contributed by atoms with van der Waals surface area (Å²) in [6.45, 7) is 0.531. The average Bonchev–Trinajstić information content (AvgIpc) is 2.56. The number of methoxy groups -OCH3 is 1. The van der Waals surface area contributed by atoms with E-state index in [0.29, 0.717) is 6.54 Å². The normalized spacial score (nSPS) is 10.2. The molecule has 0 aromatic heterocycles. The minimum atomic E-state index is -0.677. The largest absolute Gasteiger partial charge is 0.497 e. The highest BCUT2D eigenvalue weighted by Crippen LogP contribution is 2.17. The fourth-order valence-corrected chi connectivity index (χ4v) is 2.00. The maximum absolute atomic E-state index is 13.4. The van der Waals surface area contributed by atoms with E-state index in [1.54, 1.807) is 7.11 Å². The number of benzene rings is 2. The number of carbonyl (C=O) groups is 1. The minimum Gasteiger partial charge on any atom is -0.497 e. The van der Waals surface area contributed by atoms with Gasteiger partial charge in [-0.2, -0.15) is 0 Å². The van der Waals surface area contributed by atoms with Crippen molar-refractivity contribution in [1.82, 2.24) is 5.32 Å². The Balaban J connectivity index is 1.74. The Morgan fingerprint density at radius 3 is 2.35 bits per heavy atom. The molecule has 122 valence electrons. The Bertz CT molecular complexity index is 640. The molecule has 2 rings (SSSR count).